The molecule has 0 bridgehead atoms. The molecule has 1 N–H and O–H groups in total. The van der Waals surface area contributed by atoms with Crippen LogP contribution in [0.5, 0.6) is 0 Å². The van der Waals surface area contributed by atoms with Crippen molar-refractivity contribution in [2.24, 2.45) is 0 Å². The fourth-order valence-corrected chi connectivity index (χ4v) is 2.24. The van der Waals surface area contributed by atoms with Crippen molar-refractivity contribution in [1.29, 1.82) is 0 Å². The molecule has 1 aromatic heterocycles. The molecular formula is C12H18ClN3O. The maximum Gasteiger partial charge on any atom is 0.134 e. The van der Waals surface area contributed by atoms with Crippen molar-refractivity contribution in [2.75, 3.05) is 18.0 Å². The van der Waals surface area contributed by atoms with Crippen LogP contribution in [0.2, 0.25) is 5.15 Å². The number of hydrogen-bond donors (Lipinski definition) is 1. The van der Waals surface area contributed by atoms with Gasteiger partial charge in [0.15, 0.2) is 0 Å². The smallest absolute Gasteiger partial charge is 0.134 e. The predicted octanol–water partition coefficient (Wildman–Crippen LogP) is 2.04. The molecule has 0 atom stereocenters. The van der Waals surface area contributed by atoms with Gasteiger partial charge >= 0.3 is 0 Å². The molecule has 0 amide bonds. The van der Waals surface area contributed by atoms with Crippen LogP contribution >= 0.6 is 11.6 Å². The molecule has 2 heterocycles. The van der Waals surface area contributed by atoms with Gasteiger partial charge in [0, 0.05) is 25.6 Å². The standard InChI is InChI=1S/C12H18ClN3O/c1-2-3-11-14-10(13)8-12(15-11)16-6-4-9(17)5-7-16/h8-9,17H,2-7H2,1H3. The molecule has 0 saturated carbocycles. The molecule has 94 valence electrons. The molecule has 0 aromatic carbocycles. The van der Waals surface area contributed by atoms with Gasteiger partial charge in [-0.3, -0.25) is 0 Å². The van der Waals surface area contributed by atoms with Crippen LogP contribution in [-0.4, -0.2) is 34.3 Å². The van der Waals surface area contributed by atoms with Crippen molar-refractivity contribution in [3.05, 3.63) is 17.0 Å². The first-order valence-electron chi connectivity index (χ1n) is 6.15. The Bertz CT molecular complexity index is 378. The van der Waals surface area contributed by atoms with Gasteiger partial charge in [-0.1, -0.05) is 18.5 Å². The quantitative estimate of drug-likeness (QED) is 0.840. The second kappa shape index (κ2) is 5.65. The van der Waals surface area contributed by atoms with E-state index in [4.69, 9.17) is 11.6 Å². The Morgan fingerprint density at radius 3 is 2.76 bits per heavy atom. The highest BCUT2D eigenvalue weighted by molar-refractivity contribution is 6.29. The summed E-state index contributed by atoms with van der Waals surface area (Å²) in [5, 5.41) is 9.99. The Morgan fingerprint density at radius 2 is 2.12 bits per heavy atom. The molecule has 1 aliphatic heterocycles. The number of halogens is 1. The van der Waals surface area contributed by atoms with E-state index >= 15 is 0 Å². The number of anilines is 1. The van der Waals surface area contributed by atoms with Crippen molar-refractivity contribution in [2.45, 2.75) is 38.7 Å². The normalized spacial score (nSPS) is 17.5. The first kappa shape index (κ1) is 12.6. The van der Waals surface area contributed by atoms with E-state index < -0.39 is 0 Å². The zero-order valence-electron chi connectivity index (χ0n) is 10.1. The fraction of sp³-hybridized carbons (Fsp3) is 0.667. The number of aliphatic hydroxyl groups excluding tert-OH is 1. The lowest BCUT2D eigenvalue weighted by atomic mass is 10.1. The van der Waals surface area contributed by atoms with Gasteiger partial charge in [-0.15, -0.1) is 0 Å². The van der Waals surface area contributed by atoms with Crippen LogP contribution in [-0.2, 0) is 6.42 Å². The highest BCUT2D eigenvalue weighted by atomic mass is 35.5. The molecule has 0 unspecified atom stereocenters. The predicted molar refractivity (Wildman–Crippen MR) is 68.5 cm³/mol. The second-order valence-corrected chi connectivity index (χ2v) is 4.82. The van der Waals surface area contributed by atoms with E-state index in [0.29, 0.717) is 5.15 Å². The van der Waals surface area contributed by atoms with Gasteiger partial charge in [-0.2, -0.15) is 0 Å². The van der Waals surface area contributed by atoms with Gasteiger partial charge in [-0.25, -0.2) is 9.97 Å². The van der Waals surface area contributed by atoms with E-state index in [0.717, 1.165) is 50.4 Å². The molecule has 1 aromatic rings. The minimum atomic E-state index is -0.168. The van der Waals surface area contributed by atoms with Crippen LogP contribution in [0.4, 0.5) is 5.82 Å². The summed E-state index contributed by atoms with van der Waals surface area (Å²) in [5.41, 5.74) is 0. The average Bonchev–Trinajstić information content (AvgIpc) is 2.29. The van der Waals surface area contributed by atoms with E-state index in [1.807, 2.05) is 0 Å². The van der Waals surface area contributed by atoms with Crippen molar-refractivity contribution >= 4 is 17.4 Å². The summed E-state index contributed by atoms with van der Waals surface area (Å²) in [6, 6.07) is 1.80. The number of aromatic nitrogens is 2. The first-order valence-corrected chi connectivity index (χ1v) is 6.53. The molecular weight excluding hydrogens is 238 g/mol. The van der Waals surface area contributed by atoms with Crippen LogP contribution in [0.25, 0.3) is 0 Å². The van der Waals surface area contributed by atoms with Crippen molar-refractivity contribution in [3.8, 4) is 0 Å². The second-order valence-electron chi connectivity index (χ2n) is 4.43. The molecule has 2 rings (SSSR count). The molecule has 0 spiro atoms. The van der Waals surface area contributed by atoms with Crippen molar-refractivity contribution in [1.82, 2.24) is 9.97 Å². The minimum Gasteiger partial charge on any atom is -0.393 e. The fourth-order valence-electron chi connectivity index (χ4n) is 2.04. The minimum absolute atomic E-state index is 0.168. The summed E-state index contributed by atoms with van der Waals surface area (Å²) in [6.45, 7) is 3.77. The molecule has 17 heavy (non-hydrogen) atoms. The Labute approximate surface area is 107 Å². The largest absolute Gasteiger partial charge is 0.393 e. The first-order chi connectivity index (χ1) is 8.19. The molecule has 4 nitrogen and oxygen atoms in total. The summed E-state index contributed by atoms with van der Waals surface area (Å²) in [4.78, 5) is 10.9. The number of nitrogens with zero attached hydrogens (tertiary/aromatic N) is 3. The molecule has 1 fully saturated rings. The Hall–Kier alpha value is -0.870. The van der Waals surface area contributed by atoms with Crippen LogP contribution in [0, 0.1) is 0 Å². The molecule has 0 radical (unpaired) electrons. The summed E-state index contributed by atoms with van der Waals surface area (Å²) < 4.78 is 0. The van der Waals surface area contributed by atoms with Crippen LogP contribution in [0.15, 0.2) is 6.07 Å². The third-order valence-electron chi connectivity index (χ3n) is 2.99. The van der Waals surface area contributed by atoms with Gasteiger partial charge in [0.05, 0.1) is 6.10 Å². The molecule has 0 aliphatic carbocycles. The van der Waals surface area contributed by atoms with Gasteiger partial charge < -0.3 is 10.0 Å². The zero-order valence-corrected chi connectivity index (χ0v) is 10.8. The summed E-state index contributed by atoms with van der Waals surface area (Å²) in [6.07, 6.45) is 3.29. The zero-order chi connectivity index (χ0) is 12.3. The summed E-state index contributed by atoms with van der Waals surface area (Å²) in [5.74, 6) is 1.70. The maximum atomic E-state index is 9.48. The summed E-state index contributed by atoms with van der Waals surface area (Å²) in [7, 11) is 0. The number of hydrogen-bond acceptors (Lipinski definition) is 4. The third-order valence-corrected chi connectivity index (χ3v) is 3.18. The SMILES string of the molecule is CCCc1nc(Cl)cc(N2CCC(O)CC2)n1. The average molecular weight is 256 g/mol. The number of aryl methyl sites for hydroxylation is 1. The van der Waals surface area contributed by atoms with E-state index in [2.05, 4.69) is 21.8 Å². The lowest BCUT2D eigenvalue weighted by Crippen LogP contribution is -2.36. The highest BCUT2D eigenvalue weighted by Crippen LogP contribution is 2.21. The van der Waals surface area contributed by atoms with Crippen molar-refractivity contribution < 1.29 is 5.11 Å². The van der Waals surface area contributed by atoms with Gasteiger partial charge in [0.1, 0.15) is 16.8 Å². The third kappa shape index (κ3) is 3.30. The highest BCUT2D eigenvalue weighted by Gasteiger charge is 2.19. The van der Waals surface area contributed by atoms with E-state index in [1.165, 1.54) is 0 Å². The van der Waals surface area contributed by atoms with Crippen LogP contribution in [0.1, 0.15) is 32.0 Å². The summed E-state index contributed by atoms with van der Waals surface area (Å²) >= 11 is 6.01. The lowest BCUT2D eigenvalue weighted by Gasteiger charge is -2.30. The molecule has 1 aliphatic rings. The van der Waals surface area contributed by atoms with Gasteiger partial charge in [-0.05, 0) is 19.3 Å². The topological polar surface area (TPSA) is 49.2 Å². The number of rotatable bonds is 3. The molecule has 1 saturated heterocycles. The molecule has 5 heteroatoms. The van der Waals surface area contributed by atoms with E-state index in [9.17, 15) is 5.11 Å². The van der Waals surface area contributed by atoms with E-state index in [-0.39, 0.29) is 6.10 Å². The monoisotopic (exact) mass is 255 g/mol. The lowest BCUT2D eigenvalue weighted by molar-refractivity contribution is 0.145. The Balaban J connectivity index is 2.14. The van der Waals surface area contributed by atoms with E-state index in [1.54, 1.807) is 6.07 Å². The Morgan fingerprint density at radius 1 is 1.41 bits per heavy atom. The number of aliphatic hydroxyl groups is 1. The maximum absolute atomic E-state index is 9.48. The van der Waals surface area contributed by atoms with Crippen LogP contribution in [0.3, 0.4) is 0 Å². The van der Waals surface area contributed by atoms with Gasteiger partial charge in [0.25, 0.3) is 0 Å². The van der Waals surface area contributed by atoms with Crippen molar-refractivity contribution in [3.63, 3.8) is 0 Å². The van der Waals surface area contributed by atoms with Gasteiger partial charge in [0.2, 0.25) is 0 Å². The van der Waals surface area contributed by atoms with Crippen LogP contribution < -0.4 is 4.90 Å². The Kier molecular flexibility index (Phi) is 4.18. The number of piperidine rings is 1.